The molecule has 0 bridgehead atoms. The van der Waals surface area contributed by atoms with Gasteiger partial charge in [-0.2, -0.15) is 0 Å². The van der Waals surface area contributed by atoms with E-state index in [9.17, 15) is 4.79 Å². The highest BCUT2D eigenvalue weighted by molar-refractivity contribution is 9.10. The van der Waals surface area contributed by atoms with E-state index in [-0.39, 0.29) is 5.78 Å². The number of methoxy groups -OCH3 is 1. The first-order chi connectivity index (χ1) is 9.04. The van der Waals surface area contributed by atoms with E-state index < -0.39 is 0 Å². The van der Waals surface area contributed by atoms with Crippen LogP contribution in [0.3, 0.4) is 0 Å². The Labute approximate surface area is 133 Å². The predicted octanol–water partition coefficient (Wildman–Crippen LogP) is 5.10. The zero-order chi connectivity index (χ0) is 14.0. The maximum atomic E-state index is 12.4. The van der Waals surface area contributed by atoms with Crippen molar-refractivity contribution in [2.45, 2.75) is 0 Å². The van der Waals surface area contributed by atoms with Crippen LogP contribution in [0, 0.1) is 0 Å². The second-order valence-electron chi connectivity index (χ2n) is 3.78. The van der Waals surface area contributed by atoms with Crippen LogP contribution in [0.4, 0.5) is 0 Å². The minimum absolute atomic E-state index is 0.130. The van der Waals surface area contributed by atoms with Crippen LogP contribution in [0.5, 0.6) is 5.75 Å². The molecule has 2 aromatic rings. The smallest absolute Gasteiger partial charge is 0.194 e. The van der Waals surface area contributed by atoms with Gasteiger partial charge in [-0.15, -0.1) is 0 Å². The zero-order valence-electron chi connectivity index (χ0n) is 9.91. The fourth-order valence-corrected chi connectivity index (χ4v) is 2.76. The van der Waals surface area contributed by atoms with Gasteiger partial charge in [0.2, 0.25) is 0 Å². The van der Waals surface area contributed by atoms with Gasteiger partial charge in [0.25, 0.3) is 0 Å². The Kier molecular flexibility index (Phi) is 4.66. The predicted molar refractivity (Wildman–Crippen MR) is 83.3 cm³/mol. The summed E-state index contributed by atoms with van der Waals surface area (Å²) in [6, 6.07) is 10.4. The van der Waals surface area contributed by atoms with E-state index >= 15 is 0 Å². The molecule has 2 nitrogen and oxygen atoms in total. The van der Waals surface area contributed by atoms with E-state index in [1.165, 1.54) is 0 Å². The summed E-state index contributed by atoms with van der Waals surface area (Å²) in [4.78, 5) is 12.4. The Morgan fingerprint density at radius 2 is 1.89 bits per heavy atom. The van der Waals surface area contributed by atoms with Crippen LogP contribution in [0.2, 0.25) is 5.02 Å². The van der Waals surface area contributed by atoms with Crippen molar-refractivity contribution in [2.24, 2.45) is 0 Å². The Hall–Kier alpha value is -0.840. The van der Waals surface area contributed by atoms with Crippen molar-refractivity contribution in [1.29, 1.82) is 0 Å². The maximum absolute atomic E-state index is 12.4. The van der Waals surface area contributed by atoms with Crippen LogP contribution in [0.1, 0.15) is 15.9 Å². The minimum atomic E-state index is -0.130. The number of hydrogen-bond acceptors (Lipinski definition) is 2. The third kappa shape index (κ3) is 3.02. The Bertz CT molecular complexity index is 641. The van der Waals surface area contributed by atoms with Crippen molar-refractivity contribution in [3.05, 3.63) is 61.5 Å². The summed E-state index contributed by atoms with van der Waals surface area (Å²) in [5, 5.41) is 0.416. The number of hydrogen-bond donors (Lipinski definition) is 0. The summed E-state index contributed by atoms with van der Waals surface area (Å²) in [6.07, 6.45) is 0. The van der Waals surface area contributed by atoms with Crippen LogP contribution in [-0.2, 0) is 0 Å². The molecule has 0 atom stereocenters. The Morgan fingerprint density at radius 1 is 1.16 bits per heavy atom. The number of ketones is 1. The van der Waals surface area contributed by atoms with Crippen molar-refractivity contribution in [1.82, 2.24) is 0 Å². The molecule has 0 aliphatic rings. The highest BCUT2D eigenvalue weighted by Crippen LogP contribution is 2.30. The SMILES string of the molecule is COc1ccc(C(=O)c2cccc(Br)c2Cl)cc1Br. The second kappa shape index (κ2) is 6.07. The molecule has 0 aliphatic carbocycles. The van der Waals surface area contributed by atoms with Crippen molar-refractivity contribution >= 4 is 49.2 Å². The number of benzene rings is 2. The standard InChI is InChI=1S/C14H9Br2ClO2/c1-19-12-6-5-8(7-11(12)16)14(18)9-3-2-4-10(15)13(9)17/h2-7H,1H3. The average molecular weight is 404 g/mol. The van der Waals surface area contributed by atoms with Crippen LogP contribution in [0.15, 0.2) is 45.3 Å². The Balaban J connectivity index is 2.44. The molecule has 0 unspecified atom stereocenters. The number of carbonyl (C=O) groups excluding carboxylic acids is 1. The van der Waals surface area contributed by atoms with Gasteiger partial charge < -0.3 is 4.74 Å². The lowest BCUT2D eigenvalue weighted by Gasteiger charge is -2.07. The molecule has 5 heteroatoms. The molecule has 0 fully saturated rings. The number of carbonyl (C=O) groups is 1. The van der Waals surface area contributed by atoms with E-state index in [4.69, 9.17) is 16.3 Å². The normalized spacial score (nSPS) is 10.3. The van der Waals surface area contributed by atoms with E-state index in [0.29, 0.717) is 26.4 Å². The van der Waals surface area contributed by atoms with Crippen LogP contribution in [-0.4, -0.2) is 12.9 Å². The fraction of sp³-hybridized carbons (Fsp3) is 0.0714. The summed E-state index contributed by atoms with van der Waals surface area (Å²) >= 11 is 12.8. The second-order valence-corrected chi connectivity index (χ2v) is 5.87. The Morgan fingerprint density at radius 3 is 2.53 bits per heavy atom. The van der Waals surface area contributed by atoms with Gasteiger partial charge in [0.1, 0.15) is 5.75 Å². The van der Waals surface area contributed by atoms with Crippen LogP contribution < -0.4 is 4.74 Å². The molecule has 0 amide bonds. The lowest BCUT2D eigenvalue weighted by atomic mass is 10.0. The van der Waals surface area contributed by atoms with Crippen LogP contribution >= 0.6 is 43.5 Å². The van der Waals surface area contributed by atoms with Gasteiger partial charge >= 0.3 is 0 Å². The van der Waals surface area contributed by atoms with Gasteiger partial charge in [-0.1, -0.05) is 17.7 Å². The van der Waals surface area contributed by atoms with Crippen molar-refractivity contribution in [3.63, 3.8) is 0 Å². The third-order valence-electron chi connectivity index (χ3n) is 2.61. The average Bonchev–Trinajstić information content (AvgIpc) is 2.41. The molecular weight excluding hydrogens is 395 g/mol. The topological polar surface area (TPSA) is 26.3 Å². The molecule has 0 N–H and O–H groups in total. The van der Waals surface area contributed by atoms with Gasteiger partial charge in [0.05, 0.1) is 16.6 Å². The highest BCUT2D eigenvalue weighted by atomic mass is 79.9. The van der Waals surface area contributed by atoms with E-state index in [1.807, 2.05) is 0 Å². The minimum Gasteiger partial charge on any atom is -0.496 e. The maximum Gasteiger partial charge on any atom is 0.194 e. The lowest BCUT2D eigenvalue weighted by molar-refractivity contribution is 0.103. The molecule has 0 saturated heterocycles. The van der Waals surface area contributed by atoms with Gasteiger partial charge in [0, 0.05) is 15.6 Å². The summed E-state index contributed by atoms with van der Waals surface area (Å²) in [5.41, 5.74) is 1.01. The largest absolute Gasteiger partial charge is 0.496 e. The number of ether oxygens (including phenoxy) is 1. The van der Waals surface area contributed by atoms with E-state index in [2.05, 4.69) is 31.9 Å². The molecule has 19 heavy (non-hydrogen) atoms. The quantitative estimate of drug-likeness (QED) is 0.665. The molecule has 2 rings (SSSR count). The van der Waals surface area contributed by atoms with E-state index in [1.54, 1.807) is 43.5 Å². The van der Waals surface area contributed by atoms with Gasteiger partial charge in [-0.3, -0.25) is 4.79 Å². The zero-order valence-corrected chi connectivity index (χ0v) is 13.8. The summed E-state index contributed by atoms with van der Waals surface area (Å²) in [5.74, 6) is 0.548. The summed E-state index contributed by atoms with van der Waals surface area (Å²) < 4.78 is 6.57. The number of halogens is 3. The van der Waals surface area contributed by atoms with Crippen LogP contribution in [0.25, 0.3) is 0 Å². The molecule has 0 heterocycles. The van der Waals surface area contributed by atoms with Gasteiger partial charge in [0.15, 0.2) is 5.78 Å². The summed E-state index contributed by atoms with van der Waals surface area (Å²) in [6.45, 7) is 0. The highest BCUT2D eigenvalue weighted by Gasteiger charge is 2.15. The molecule has 0 radical (unpaired) electrons. The first kappa shape index (κ1) is 14.6. The summed E-state index contributed by atoms with van der Waals surface area (Å²) in [7, 11) is 1.58. The number of rotatable bonds is 3. The third-order valence-corrected chi connectivity index (χ3v) is 4.53. The molecule has 0 saturated carbocycles. The molecular formula is C14H9Br2ClO2. The van der Waals surface area contributed by atoms with Crippen molar-refractivity contribution < 1.29 is 9.53 Å². The molecule has 0 aliphatic heterocycles. The first-order valence-electron chi connectivity index (χ1n) is 5.37. The van der Waals surface area contributed by atoms with Gasteiger partial charge in [-0.05, 0) is 62.2 Å². The first-order valence-corrected chi connectivity index (χ1v) is 7.33. The molecule has 0 spiro atoms. The molecule has 98 valence electrons. The fourth-order valence-electron chi connectivity index (χ4n) is 1.64. The van der Waals surface area contributed by atoms with E-state index in [0.717, 1.165) is 4.47 Å². The van der Waals surface area contributed by atoms with Crippen molar-refractivity contribution in [3.8, 4) is 5.75 Å². The molecule has 0 aromatic heterocycles. The van der Waals surface area contributed by atoms with Gasteiger partial charge in [-0.25, -0.2) is 0 Å². The lowest BCUT2D eigenvalue weighted by Crippen LogP contribution is -2.02. The monoisotopic (exact) mass is 402 g/mol. The molecule has 2 aromatic carbocycles. The van der Waals surface area contributed by atoms with Crippen molar-refractivity contribution in [2.75, 3.05) is 7.11 Å².